The number of nitrogens with zero attached hydrogens (tertiary/aromatic N) is 3. The van der Waals surface area contributed by atoms with Crippen molar-refractivity contribution in [2.24, 2.45) is 5.84 Å². The number of nitrogens with one attached hydrogen (secondary N) is 1. The standard InChI is InChI=1S/C14H21N5O/c1-4-19(10(2)9-20-3)13-11-7-5-6-8-12(11)16-14(17-13)18-15/h5-8,10H,4,9,15H2,1-3H3,(H,16,17,18). The van der Waals surface area contributed by atoms with E-state index in [1.165, 1.54) is 0 Å². The van der Waals surface area contributed by atoms with Gasteiger partial charge in [0.1, 0.15) is 5.82 Å². The Bertz CT molecular complexity index is 574. The number of methoxy groups -OCH3 is 1. The molecular weight excluding hydrogens is 254 g/mol. The average molecular weight is 275 g/mol. The van der Waals surface area contributed by atoms with E-state index in [9.17, 15) is 0 Å². The number of aromatic nitrogens is 2. The molecule has 3 N–H and O–H groups in total. The van der Waals surface area contributed by atoms with Crippen molar-refractivity contribution in [3.8, 4) is 0 Å². The maximum atomic E-state index is 5.47. The maximum Gasteiger partial charge on any atom is 0.239 e. The Balaban J connectivity index is 2.55. The van der Waals surface area contributed by atoms with Crippen LogP contribution in [0.1, 0.15) is 13.8 Å². The molecule has 6 nitrogen and oxygen atoms in total. The van der Waals surface area contributed by atoms with Crippen LogP contribution in [0.5, 0.6) is 0 Å². The number of hydrazine groups is 1. The van der Waals surface area contributed by atoms with E-state index in [1.54, 1.807) is 7.11 Å². The lowest BCUT2D eigenvalue weighted by Gasteiger charge is -2.29. The van der Waals surface area contributed by atoms with Crippen LogP contribution >= 0.6 is 0 Å². The van der Waals surface area contributed by atoms with Crippen molar-refractivity contribution in [3.63, 3.8) is 0 Å². The number of para-hydroxylation sites is 1. The molecule has 0 saturated carbocycles. The average Bonchev–Trinajstić information content (AvgIpc) is 2.48. The van der Waals surface area contributed by atoms with Crippen LogP contribution in [-0.4, -0.2) is 36.3 Å². The zero-order valence-electron chi connectivity index (χ0n) is 12.1. The summed E-state index contributed by atoms with van der Waals surface area (Å²) in [5.41, 5.74) is 3.40. The Kier molecular flexibility index (Phi) is 4.70. The molecular formula is C14H21N5O. The fourth-order valence-corrected chi connectivity index (χ4v) is 2.34. The minimum atomic E-state index is 0.217. The summed E-state index contributed by atoms with van der Waals surface area (Å²) in [5.74, 6) is 6.76. The van der Waals surface area contributed by atoms with Gasteiger partial charge < -0.3 is 9.64 Å². The first-order valence-corrected chi connectivity index (χ1v) is 6.70. The van der Waals surface area contributed by atoms with Crippen LogP contribution in [0.15, 0.2) is 24.3 Å². The Morgan fingerprint density at radius 1 is 1.35 bits per heavy atom. The molecule has 2 rings (SSSR count). The van der Waals surface area contributed by atoms with Crippen molar-refractivity contribution in [3.05, 3.63) is 24.3 Å². The van der Waals surface area contributed by atoms with Gasteiger partial charge in [-0.3, -0.25) is 5.43 Å². The normalized spacial score (nSPS) is 12.4. The number of nitrogen functional groups attached to an aromatic ring is 1. The molecule has 1 aromatic heterocycles. The maximum absolute atomic E-state index is 5.47. The first kappa shape index (κ1) is 14.5. The number of fused-ring (bicyclic) bond motifs is 1. The van der Waals surface area contributed by atoms with Gasteiger partial charge in [-0.05, 0) is 26.0 Å². The molecule has 6 heteroatoms. The molecule has 0 aliphatic heterocycles. The highest BCUT2D eigenvalue weighted by Crippen LogP contribution is 2.26. The predicted molar refractivity (Wildman–Crippen MR) is 81.7 cm³/mol. The van der Waals surface area contributed by atoms with Crippen molar-refractivity contribution in [2.45, 2.75) is 19.9 Å². The molecule has 1 unspecified atom stereocenters. The molecule has 1 atom stereocenters. The number of ether oxygens (including phenoxy) is 1. The van der Waals surface area contributed by atoms with Gasteiger partial charge in [0.15, 0.2) is 0 Å². The van der Waals surface area contributed by atoms with Crippen LogP contribution in [0.2, 0.25) is 0 Å². The molecule has 0 saturated heterocycles. The van der Waals surface area contributed by atoms with Crippen LogP contribution in [-0.2, 0) is 4.74 Å². The Hall–Kier alpha value is -1.92. The van der Waals surface area contributed by atoms with E-state index in [2.05, 4.69) is 34.1 Å². The topological polar surface area (TPSA) is 76.3 Å². The van der Waals surface area contributed by atoms with Gasteiger partial charge >= 0.3 is 0 Å². The van der Waals surface area contributed by atoms with Gasteiger partial charge in [-0.15, -0.1) is 0 Å². The molecule has 108 valence electrons. The van der Waals surface area contributed by atoms with Crippen LogP contribution in [0.4, 0.5) is 11.8 Å². The zero-order valence-corrected chi connectivity index (χ0v) is 12.1. The lowest BCUT2D eigenvalue weighted by molar-refractivity contribution is 0.182. The molecule has 0 aliphatic carbocycles. The Morgan fingerprint density at radius 3 is 2.75 bits per heavy atom. The van der Waals surface area contributed by atoms with E-state index in [0.717, 1.165) is 23.3 Å². The molecule has 1 aromatic carbocycles. The SMILES string of the molecule is CCN(c1nc(NN)nc2ccccc12)C(C)COC. The van der Waals surface area contributed by atoms with Gasteiger partial charge in [0.05, 0.1) is 18.2 Å². The van der Waals surface area contributed by atoms with E-state index in [-0.39, 0.29) is 6.04 Å². The molecule has 1 heterocycles. The molecule has 0 spiro atoms. The molecule has 0 radical (unpaired) electrons. The van der Waals surface area contributed by atoms with Crippen molar-refractivity contribution in [1.29, 1.82) is 0 Å². The quantitative estimate of drug-likeness (QED) is 0.618. The Morgan fingerprint density at radius 2 is 2.10 bits per heavy atom. The number of nitrogens with two attached hydrogens (primary N) is 1. The van der Waals surface area contributed by atoms with E-state index in [4.69, 9.17) is 10.6 Å². The van der Waals surface area contributed by atoms with E-state index in [0.29, 0.717) is 12.6 Å². The molecule has 0 bridgehead atoms. The second kappa shape index (κ2) is 6.49. The summed E-state index contributed by atoms with van der Waals surface area (Å²) in [6.45, 7) is 5.67. The predicted octanol–water partition coefficient (Wildman–Crippen LogP) is 1.78. The summed E-state index contributed by atoms with van der Waals surface area (Å²) in [6.07, 6.45) is 0. The number of anilines is 2. The first-order chi connectivity index (χ1) is 9.71. The number of hydrogen-bond acceptors (Lipinski definition) is 6. The second-order valence-electron chi connectivity index (χ2n) is 4.62. The number of benzene rings is 1. The van der Waals surface area contributed by atoms with E-state index < -0.39 is 0 Å². The highest BCUT2D eigenvalue weighted by molar-refractivity contribution is 5.90. The minimum Gasteiger partial charge on any atom is -0.383 e. The van der Waals surface area contributed by atoms with Gasteiger partial charge in [0, 0.05) is 19.0 Å². The minimum absolute atomic E-state index is 0.217. The summed E-state index contributed by atoms with van der Waals surface area (Å²) in [5, 5.41) is 1.01. The van der Waals surface area contributed by atoms with Gasteiger partial charge in [0.25, 0.3) is 0 Å². The second-order valence-corrected chi connectivity index (χ2v) is 4.62. The van der Waals surface area contributed by atoms with Crippen molar-refractivity contribution >= 4 is 22.7 Å². The van der Waals surface area contributed by atoms with Gasteiger partial charge in [-0.25, -0.2) is 10.8 Å². The number of likely N-dealkylation sites (N-methyl/N-ethyl adjacent to an activating group) is 1. The van der Waals surface area contributed by atoms with Crippen LogP contribution in [0, 0.1) is 0 Å². The highest BCUT2D eigenvalue weighted by Gasteiger charge is 2.18. The summed E-state index contributed by atoms with van der Waals surface area (Å²) in [7, 11) is 1.70. The summed E-state index contributed by atoms with van der Waals surface area (Å²) >= 11 is 0. The summed E-state index contributed by atoms with van der Waals surface area (Å²) in [4.78, 5) is 11.1. The lowest BCUT2D eigenvalue weighted by atomic mass is 10.2. The first-order valence-electron chi connectivity index (χ1n) is 6.70. The monoisotopic (exact) mass is 275 g/mol. The van der Waals surface area contributed by atoms with Crippen molar-refractivity contribution < 1.29 is 4.74 Å². The third-order valence-corrected chi connectivity index (χ3v) is 3.26. The van der Waals surface area contributed by atoms with Crippen LogP contribution < -0.4 is 16.2 Å². The highest BCUT2D eigenvalue weighted by atomic mass is 16.5. The molecule has 0 amide bonds. The lowest BCUT2D eigenvalue weighted by Crippen LogP contribution is -2.37. The van der Waals surface area contributed by atoms with Crippen LogP contribution in [0.25, 0.3) is 10.9 Å². The van der Waals surface area contributed by atoms with Crippen LogP contribution in [0.3, 0.4) is 0 Å². The largest absolute Gasteiger partial charge is 0.383 e. The third kappa shape index (κ3) is 2.81. The van der Waals surface area contributed by atoms with Gasteiger partial charge in [-0.2, -0.15) is 4.98 Å². The fraction of sp³-hybridized carbons (Fsp3) is 0.429. The summed E-state index contributed by atoms with van der Waals surface area (Å²) < 4.78 is 5.25. The zero-order chi connectivity index (χ0) is 14.5. The molecule has 0 aliphatic rings. The van der Waals surface area contributed by atoms with Gasteiger partial charge in [-0.1, -0.05) is 12.1 Å². The van der Waals surface area contributed by atoms with Crippen molar-refractivity contribution in [2.75, 3.05) is 30.6 Å². The Labute approximate surface area is 118 Å². The van der Waals surface area contributed by atoms with Crippen molar-refractivity contribution in [1.82, 2.24) is 9.97 Å². The number of rotatable bonds is 6. The molecule has 0 fully saturated rings. The fourth-order valence-electron chi connectivity index (χ4n) is 2.34. The van der Waals surface area contributed by atoms with E-state index >= 15 is 0 Å². The summed E-state index contributed by atoms with van der Waals surface area (Å²) in [6, 6.07) is 8.13. The smallest absolute Gasteiger partial charge is 0.239 e. The third-order valence-electron chi connectivity index (χ3n) is 3.26. The van der Waals surface area contributed by atoms with Gasteiger partial charge in [0.2, 0.25) is 5.95 Å². The molecule has 2 aromatic rings. The molecule has 20 heavy (non-hydrogen) atoms. The number of hydrogen-bond donors (Lipinski definition) is 2. The van der Waals surface area contributed by atoms with E-state index in [1.807, 2.05) is 24.3 Å².